The summed E-state index contributed by atoms with van der Waals surface area (Å²) in [5.74, 6) is -0.0356. The zero-order valence-corrected chi connectivity index (χ0v) is 13.1. The largest absolute Gasteiger partial charge is 0.383 e. The number of methoxy groups -OCH3 is 1. The summed E-state index contributed by atoms with van der Waals surface area (Å²) >= 11 is 0. The summed E-state index contributed by atoms with van der Waals surface area (Å²) in [5, 5.41) is 2.68. The Morgan fingerprint density at radius 1 is 1.43 bits per heavy atom. The van der Waals surface area contributed by atoms with Crippen LogP contribution in [0.25, 0.3) is 0 Å². The van der Waals surface area contributed by atoms with Crippen molar-refractivity contribution in [3.63, 3.8) is 0 Å². The van der Waals surface area contributed by atoms with E-state index in [1.807, 2.05) is 18.2 Å². The van der Waals surface area contributed by atoms with Gasteiger partial charge in [0.15, 0.2) is 0 Å². The van der Waals surface area contributed by atoms with E-state index in [1.54, 1.807) is 14.2 Å². The molecule has 1 aromatic rings. The molecule has 0 aliphatic carbocycles. The molecule has 1 aliphatic heterocycles. The molecular weight excluding hydrogens is 266 g/mol. The molecule has 116 valence electrons. The van der Waals surface area contributed by atoms with Crippen LogP contribution in [0, 0.1) is 0 Å². The average Bonchev–Trinajstić information content (AvgIpc) is 2.53. The minimum Gasteiger partial charge on any atom is -0.383 e. The first kappa shape index (κ1) is 15.9. The lowest BCUT2D eigenvalue weighted by molar-refractivity contribution is 0.0709. The van der Waals surface area contributed by atoms with E-state index < -0.39 is 0 Å². The lowest BCUT2D eigenvalue weighted by Gasteiger charge is -2.39. The van der Waals surface area contributed by atoms with Crippen LogP contribution >= 0.6 is 0 Å². The van der Waals surface area contributed by atoms with Gasteiger partial charge in [0.1, 0.15) is 0 Å². The Balaban J connectivity index is 2.12. The molecule has 1 atom stereocenters. The summed E-state index contributed by atoms with van der Waals surface area (Å²) in [6.07, 6.45) is 0. The second-order valence-electron chi connectivity index (χ2n) is 5.49. The van der Waals surface area contributed by atoms with Crippen LogP contribution in [0.3, 0.4) is 0 Å². The third-order valence-corrected chi connectivity index (χ3v) is 4.10. The highest BCUT2D eigenvalue weighted by Gasteiger charge is 2.25. The Hall–Kier alpha value is -1.43. The molecule has 0 spiro atoms. The van der Waals surface area contributed by atoms with E-state index in [2.05, 4.69) is 28.2 Å². The molecule has 1 amide bonds. The van der Waals surface area contributed by atoms with Crippen molar-refractivity contribution in [2.24, 2.45) is 0 Å². The second-order valence-corrected chi connectivity index (χ2v) is 5.49. The molecule has 1 N–H and O–H groups in total. The van der Waals surface area contributed by atoms with E-state index >= 15 is 0 Å². The van der Waals surface area contributed by atoms with E-state index in [0.29, 0.717) is 6.04 Å². The topological polar surface area (TPSA) is 44.8 Å². The molecule has 1 heterocycles. The van der Waals surface area contributed by atoms with Gasteiger partial charge >= 0.3 is 0 Å². The Morgan fingerprint density at radius 3 is 2.95 bits per heavy atom. The fraction of sp³-hybridized carbons (Fsp3) is 0.562. The fourth-order valence-corrected chi connectivity index (χ4v) is 2.75. The fourth-order valence-electron chi connectivity index (χ4n) is 2.75. The van der Waals surface area contributed by atoms with Gasteiger partial charge in [-0.25, -0.2) is 0 Å². The van der Waals surface area contributed by atoms with Gasteiger partial charge in [-0.15, -0.1) is 0 Å². The maximum atomic E-state index is 11.8. The van der Waals surface area contributed by atoms with Crippen LogP contribution in [-0.2, 0) is 4.74 Å². The van der Waals surface area contributed by atoms with Crippen LogP contribution in [0.4, 0.5) is 0 Å². The van der Waals surface area contributed by atoms with E-state index in [4.69, 9.17) is 4.74 Å². The van der Waals surface area contributed by atoms with Gasteiger partial charge in [-0.05, 0) is 24.7 Å². The minimum absolute atomic E-state index is 0.0356. The number of nitrogens with one attached hydrogen (secondary N) is 1. The van der Waals surface area contributed by atoms with Crippen LogP contribution in [0.5, 0.6) is 0 Å². The van der Waals surface area contributed by atoms with Crippen molar-refractivity contribution in [3.8, 4) is 0 Å². The number of likely N-dealkylation sites (N-methyl/N-ethyl adjacent to an activating group) is 1. The van der Waals surface area contributed by atoms with Gasteiger partial charge in [-0.1, -0.05) is 12.1 Å². The predicted molar refractivity (Wildman–Crippen MR) is 83.5 cm³/mol. The number of hydrogen-bond acceptors (Lipinski definition) is 4. The number of amides is 1. The number of piperazine rings is 1. The summed E-state index contributed by atoms with van der Waals surface area (Å²) in [7, 11) is 5.54. The maximum Gasteiger partial charge on any atom is 0.251 e. The first-order valence-electron chi connectivity index (χ1n) is 7.39. The lowest BCUT2D eigenvalue weighted by atomic mass is 10.00. The molecule has 0 aromatic heterocycles. The number of ether oxygens (including phenoxy) is 1. The SMILES string of the molecule is CNC(=O)c1cccc([C@H]2CN(CCOC)CCN2C)c1. The zero-order chi connectivity index (χ0) is 15.2. The third kappa shape index (κ3) is 4.03. The smallest absolute Gasteiger partial charge is 0.251 e. The molecule has 2 rings (SSSR count). The highest BCUT2D eigenvalue weighted by atomic mass is 16.5. The molecule has 1 aromatic carbocycles. The number of carbonyl (C=O) groups excluding carboxylic acids is 1. The molecular formula is C16H25N3O2. The molecule has 0 radical (unpaired) electrons. The highest BCUT2D eigenvalue weighted by molar-refractivity contribution is 5.94. The molecule has 21 heavy (non-hydrogen) atoms. The average molecular weight is 291 g/mol. The summed E-state index contributed by atoms with van der Waals surface area (Å²) in [5.41, 5.74) is 1.91. The molecule has 1 fully saturated rings. The summed E-state index contributed by atoms with van der Waals surface area (Å²) in [6.45, 7) is 4.77. The molecule has 0 saturated carbocycles. The van der Waals surface area contributed by atoms with E-state index in [9.17, 15) is 4.79 Å². The quantitative estimate of drug-likeness (QED) is 0.878. The van der Waals surface area contributed by atoms with Gasteiger partial charge in [-0.2, -0.15) is 0 Å². The summed E-state index contributed by atoms with van der Waals surface area (Å²) < 4.78 is 5.17. The van der Waals surface area contributed by atoms with Crippen LogP contribution < -0.4 is 5.32 Å². The van der Waals surface area contributed by atoms with Crippen molar-refractivity contribution in [2.75, 3.05) is 54.0 Å². The van der Waals surface area contributed by atoms with Crippen molar-refractivity contribution in [3.05, 3.63) is 35.4 Å². The molecule has 1 aliphatic rings. The normalized spacial score (nSPS) is 20.4. The van der Waals surface area contributed by atoms with Crippen molar-refractivity contribution in [1.82, 2.24) is 15.1 Å². The Morgan fingerprint density at radius 2 is 2.24 bits per heavy atom. The predicted octanol–water partition coefficient (Wildman–Crippen LogP) is 0.981. The van der Waals surface area contributed by atoms with E-state index in [0.717, 1.165) is 38.3 Å². The lowest BCUT2D eigenvalue weighted by Crippen LogP contribution is -2.47. The number of hydrogen-bond donors (Lipinski definition) is 1. The van der Waals surface area contributed by atoms with Crippen LogP contribution in [-0.4, -0.2) is 69.7 Å². The van der Waals surface area contributed by atoms with Gasteiger partial charge in [0, 0.05) is 51.9 Å². The van der Waals surface area contributed by atoms with Crippen molar-refractivity contribution >= 4 is 5.91 Å². The van der Waals surface area contributed by atoms with Crippen molar-refractivity contribution in [1.29, 1.82) is 0 Å². The van der Waals surface area contributed by atoms with Gasteiger partial charge in [0.2, 0.25) is 0 Å². The Kier molecular flexibility index (Phi) is 5.73. The van der Waals surface area contributed by atoms with Crippen LogP contribution in [0.2, 0.25) is 0 Å². The maximum absolute atomic E-state index is 11.8. The molecule has 1 saturated heterocycles. The molecule has 5 nitrogen and oxygen atoms in total. The summed E-state index contributed by atoms with van der Waals surface area (Å²) in [4.78, 5) is 16.6. The highest BCUT2D eigenvalue weighted by Crippen LogP contribution is 2.24. The Bertz CT molecular complexity index is 476. The van der Waals surface area contributed by atoms with Gasteiger partial charge < -0.3 is 10.1 Å². The number of nitrogens with zero attached hydrogens (tertiary/aromatic N) is 2. The second kappa shape index (κ2) is 7.54. The van der Waals surface area contributed by atoms with Crippen molar-refractivity contribution < 1.29 is 9.53 Å². The zero-order valence-electron chi connectivity index (χ0n) is 13.1. The first-order chi connectivity index (χ1) is 10.2. The minimum atomic E-state index is -0.0356. The molecule has 0 bridgehead atoms. The molecule has 5 heteroatoms. The Labute approximate surface area is 126 Å². The van der Waals surface area contributed by atoms with Crippen molar-refractivity contribution in [2.45, 2.75) is 6.04 Å². The number of carbonyl (C=O) groups is 1. The third-order valence-electron chi connectivity index (χ3n) is 4.10. The van der Waals surface area contributed by atoms with Gasteiger partial charge in [-0.3, -0.25) is 14.6 Å². The monoisotopic (exact) mass is 291 g/mol. The summed E-state index contributed by atoms with van der Waals surface area (Å²) in [6, 6.07) is 8.24. The van der Waals surface area contributed by atoms with Crippen LogP contribution in [0.15, 0.2) is 24.3 Å². The van der Waals surface area contributed by atoms with E-state index in [-0.39, 0.29) is 5.91 Å². The van der Waals surface area contributed by atoms with E-state index in [1.165, 1.54) is 5.56 Å². The van der Waals surface area contributed by atoms with Gasteiger partial charge in [0.05, 0.1) is 6.61 Å². The van der Waals surface area contributed by atoms with Gasteiger partial charge in [0.25, 0.3) is 5.91 Å². The standard InChI is InChI=1S/C16H25N3O2/c1-17-16(20)14-6-4-5-13(11-14)15-12-19(9-10-21-3)8-7-18(15)2/h4-6,11,15H,7-10,12H2,1-3H3,(H,17,20)/t15-/m1/s1. The molecule has 0 unspecified atom stereocenters. The number of benzene rings is 1. The van der Waals surface area contributed by atoms with Crippen LogP contribution in [0.1, 0.15) is 22.0 Å². The number of rotatable bonds is 5. The first-order valence-corrected chi connectivity index (χ1v) is 7.39.